The summed E-state index contributed by atoms with van der Waals surface area (Å²) in [4.78, 5) is 11.1. The van der Waals surface area contributed by atoms with Gasteiger partial charge in [0.1, 0.15) is 0 Å². The molecule has 0 saturated carbocycles. The van der Waals surface area contributed by atoms with Crippen LogP contribution in [0.2, 0.25) is 4.34 Å². The van der Waals surface area contributed by atoms with Gasteiger partial charge in [-0.3, -0.25) is 9.58 Å². The molecule has 2 aromatic heterocycles. The lowest BCUT2D eigenvalue weighted by Gasteiger charge is -2.36. The zero-order valence-electron chi connectivity index (χ0n) is 16.6. The van der Waals surface area contributed by atoms with Crippen LogP contribution in [0.3, 0.4) is 0 Å². The fraction of sp³-hybridized carbons (Fsp3) is 0.579. The highest BCUT2D eigenvalue weighted by Gasteiger charge is 2.20. The Morgan fingerprint density at radius 2 is 2.00 bits per heavy atom. The van der Waals surface area contributed by atoms with Crippen LogP contribution < -0.4 is 5.32 Å². The molecule has 148 valence electrons. The van der Waals surface area contributed by atoms with Crippen molar-refractivity contribution in [2.75, 3.05) is 32.7 Å². The molecule has 1 aliphatic rings. The Morgan fingerprint density at radius 3 is 2.56 bits per heavy atom. The van der Waals surface area contributed by atoms with E-state index >= 15 is 0 Å². The summed E-state index contributed by atoms with van der Waals surface area (Å²) >= 11 is 7.72. The summed E-state index contributed by atoms with van der Waals surface area (Å²) in [5.41, 5.74) is 3.47. The number of aliphatic imine (C=N–C) groups is 1. The molecule has 1 fully saturated rings. The van der Waals surface area contributed by atoms with E-state index in [0.29, 0.717) is 6.54 Å². The Morgan fingerprint density at radius 1 is 1.26 bits per heavy atom. The van der Waals surface area contributed by atoms with E-state index in [9.17, 15) is 0 Å². The van der Waals surface area contributed by atoms with Crippen molar-refractivity contribution < 1.29 is 0 Å². The summed E-state index contributed by atoms with van der Waals surface area (Å²) in [5.74, 6) is 0.999. The van der Waals surface area contributed by atoms with Crippen molar-refractivity contribution in [1.82, 2.24) is 24.9 Å². The lowest BCUT2D eigenvalue weighted by molar-refractivity contribution is 0.173. The lowest BCUT2D eigenvalue weighted by Crippen LogP contribution is -2.52. The molecule has 0 radical (unpaired) electrons. The maximum absolute atomic E-state index is 6.05. The molecule has 0 bridgehead atoms. The highest BCUT2D eigenvalue weighted by molar-refractivity contribution is 7.16. The predicted molar refractivity (Wildman–Crippen MR) is 114 cm³/mol. The third kappa shape index (κ3) is 5.03. The van der Waals surface area contributed by atoms with Crippen LogP contribution in [0.1, 0.15) is 28.8 Å². The van der Waals surface area contributed by atoms with Gasteiger partial charge < -0.3 is 10.2 Å². The molecule has 3 heterocycles. The second kappa shape index (κ2) is 9.08. The first kappa shape index (κ1) is 20.2. The van der Waals surface area contributed by atoms with Crippen molar-refractivity contribution in [1.29, 1.82) is 0 Å². The van der Waals surface area contributed by atoms with Gasteiger partial charge in [-0.1, -0.05) is 11.6 Å². The minimum absolute atomic E-state index is 0.668. The van der Waals surface area contributed by atoms with Gasteiger partial charge in [0.2, 0.25) is 0 Å². The van der Waals surface area contributed by atoms with Gasteiger partial charge in [-0.2, -0.15) is 5.10 Å². The first-order chi connectivity index (χ1) is 13.0. The average Bonchev–Trinajstić information content (AvgIpc) is 3.16. The van der Waals surface area contributed by atoms with E-state index in [-0.39, 0.29) is 0 Å². The van der Waals surface area contributed by atoms with E-state index in [1.165, 1.54) is 16.1 Å². The Bertz CT molecular complexity index is 788. The molecule has 0 spiro atoms. The molecule has 0 unspecified atom stereocenters. The van der Waals surface area contributed by atoms with Crippen LogP contribution in [0, 0.1) is 13.8 Å². The fourth-order valence-corrected chi connectivity index (χ4v) is 4.53. The molecule has 8 heteroatoms. The molecule has 27 heavy (non-hydrogen) atoms. The van der Waals surface area contributed by atoms with E-state index in [1.807, 2.05) is 17.8 Å². The number of guanidine groups is 1. The van der Waals surface area contributed by atoms with E-state index in [0.717, 1.165) is 55.3 Å². The minimum atomic E-state index is 0.668. The first-order valence-electron chi connectivity index (χ1n) is 9.46. The van der Waals surface area contributed by atoms with Crippen molar-refractivity contribution in [2.45, 2.75) is 33.9 Å². The molecule has 0 aromatic carbocycles. The van der Waals surface area contributed by atoms with Crippen LogP contribution in [0.15, 0.2) is 17.1 Å². The first-order valence-corrected chi connectivity index (χ1v) is 10.7. The Kier molecular flexibility index (Phi) is 6.78. The van der Waals surface area contributed by atoms with Crippen LogP contribution in [-0.4, -0.2) is 58.3 Å². The molecular weight excluding hydrogens is 380 g/mol. The number of nitrogens with one attached hydrogen (secondary N) is 1. The molecule has 0 atom stereocenters. The van der Waals surface area contributed by atoms with Crippen molar-refractivity contribution in [3.8, 4) is 0 Å². The van der Waals surface area contributed by atoms with Crippen LogP contribution in [0.5, 0.6) is 0 Å². The van der Waals surface area contributed by atoms with Gasteiger partial charge in [0.25, 0.3) is 0 Å². The van der Waals surface area contributed by atoms with E-state index in [1.54, 1.807) is 11.3 Å². The Labute approximate surface area is 170 Å². The van der Waals surface area contributed by atoms with Crippen LogP contribution in [-0.2, 0) is 20.1 Å². The van der Waals surface area contributed by atoms with Gasteiger partial charge in [0, 0.05) is 62.5 Å². The molecule has 2 aromatic rings. The second-order valence-electron chi connectivity index (χ2n) is 6.91. The molecular formula is C19H29ClN6S. The van der Waals surface area contributed by atoms with Gasteiger partial charge in [-0.05, 0) is 32.9 Å². The smallest absolute Gasteiger partial charge is 0.194 e. The van der Waals surface area contributed by atoms with E-state index in [2.05, 4.69) is 47.1 Å². The zero-order chi connectivity index (χ0) is 19.4. The van der Waals surface area contributed by atoms with Gasteiger partial charge in [0.05, 0.1) is 16.6 Å². The largest absolute Gasteiger partial charge is 0.357 e. The Hall–Kier alpha value is -1.57. The number of hydrogen-bond acceptors (Lipinski definition) is 4. The molecule has 0 amide bonds. The molecule has 1 saturated heterocycles. The number of piperazine rings is 1. The number of hydrogen-bond donors (Lipinski definition) is 1. The topological polar surface area (TPSA) is 48.7 Å². The quantitative estimate of drug-likeness (QED) is 0.610. The van der Waals surface area contributed by atoms with Crippen LogP contribution in [0.4, 0.5) is 0 Å². The number of thiophene rings is 1. The molecule has 3 rings (SSSR count). The summed E-state index contributed by atoms with van der Waals surface area (Å²) in [5, 5.41) is 7.95. The van der Waals surface area contributed by atoms with Gasteiger partial charge in [0.15, 0.2) is 5.96 Å². The summed E-state index contributed by atoms with van der Waals surface area (Å²) in [7, 11) is 1.99. The highest BCUT2D eigenvalue weighted by Crippen LogP contribution is 2.23. The lowest BCUT2D eigenvalue weighted by atomic mass is 10.2. The van der Waals surface area contributed by atoms with E-state index in [4.69, 9.17) is 16.6 Å². The van der Waals surface area contributed by atoms with Gasteiger partial charge in [-0.15, -0.1) is 11.3 Å². The third-order valence-corrected chi connectivity index (χ3v) is 6.28. The van der Waals surface area contributed by atoms with Gasteiger partial charge in [-0.25, -0.2) is 4.99 Å². The normalized spacial score (nSPS) is 16.2. The summed E-state index contributed by atoms with van der Waals surface area (Å²) in [6.07, 6.45) is 0. The predicted octanol–water partition coefficient (Wildman–Crippen LogP) is 3.04. The molecule has 0 aliphatic carbocycles. The van der Waals surface area contributed by atoms with E-state index < -0.39 is 0 Å². The third-order valence-electron chi connectivity index (χ3n) is 5.06. The number of nitrogens with zero attached hydrogens (tertiary/aromatic N) is 5. The molecule has 1 N–H and O–H groups in total. The number of halogens is 1. The van der Waals surface area contributed by atoms with Crippen molar-refractivity contribution in [3.63, 3.8) is 0 Å². The van der Waals surface area contributed by atoms with Crippen molar-refractivity contribution in [2.24, 2.45) is 12.0 Å². The summed E-state index contributed by atoms with van der Waals surface area (Å²) in [6, 6.07) is 4.11. The number of rotatable bonds is 5. The number of aromatic nitrogens is 2. The SMILES string of the molecule is CCNC(=NCc1c(C)nn(C)c1C)N1CCN(Cc2ccc(Cl)s2)CC1. The molecule has 1 aliphatic heterocycles. The standard InChI is InChI=1S/C19H29ClN6S/c1-5-21-19(22-12-17-14(2)23-24(4)15(17)3)26-10-8-25(9-11-26)13-16-6-7-18(20)27-16/h6-7H,5,8-13H2,1-4H3,(H,21,22). The fourth-order valence-electron chi connectivity index (χ4n) is 3.40. The van der Waals surface area contributed by atoms with Crippen molar-refractivity contribution in [3.05, 3.63) is 38.3 Å². The highest BCUT2D eigenvalue weighted by atomic mass is 35.5. The maximum atomic E-state index is 6.05. The zero-order valence-corrected chi connectivity index (χ0v) is 18.2. The summed E-state index contributed by atoms with van der Waals surface area (Å²) in [6.45, 7) is 12.8. The number of aryl methyl sites for hydroxylation is 2. The van der Waals surface area contributed by atoms with Crippen LogP contribution in [0.25, 0.3) is 0 Å². The minimum Gasteiger partial charge on any atom is -0.357 e. The summed E-state index contributed by atoms with van der Waals surface area (Å²) < 4.78 is 2.80. The monoisotopic (exact) mass is 408 g/mol. The second-order valence-corrected chi connectivity index (χ2v) is 8.71. The van der Waals surface area contributed by atoms with Crippen LogP contribution >= 0.6 is 22.9 Å². The average molecular weight is 409 g/mol. The van der Waals surface area contributed by atoms with Gasteiger partial charge >= 0.3 is 0 Å². The molecule has 6 nitrogen and oxygen atoms in total. The van der Waals surface area contributed by atoms with Crippen molar-refractivity contribution >= 4 is 28.9 Å². The maximum Gasteiger partial charge on any atom is 0.194 e. The Balaban J connectivity index is 1.60.